The van der Waals surface area contributed by atoms with E-state index in [9.17, 15) is 4.79 Å². The van der Waals surface area contributed by atoms with Gasteiger partial charge in [0.05, 0.1) is 13.2 Å². The first-order chi connectivity index (χ1) is 15.6. The van der Waals surface area contributed by atoms with E-state index in [0.29, 0.717) is 11.8 Å². The minimum atomic E-state index is 0.0879. The number of benzene rings is 2. The molecule has 4 heteroatoms. The number of likely N-dealkylation sites (tertiary alicyclic amines) is 1. The Hall–Kier alpha value is -2.33. The molecule has 1 aliphatic heterocycles. The van der Waals surface area contributed by atoms with E-state index in [1.807, 2.05) is 0 Å². The van der Waals surface area contributed by atoms with Crippen LogP contribution in [0.3, 0.4) is 0 Å². The molecule has 2 unspecified atom stereocenters. The maximum Gasteiger partial charge on any atom is 0.226 e. The Kier molecular flexibility index (Phi) is 7.51. The zero-order valence-electron chi connectivity index (χ0n) is 19.8. The number of methoxy groups -OCH3 is 1. The summed E-state index contributed by atoms with van der Waals surface area (Å²) >= 11 is 0. The van der Waals surface area contributed by atoms with Crippen LogP contribution in [0.25, 0.3) is 0 Å². The van der Waals surface area contributed by atoms with Crippen LogP contribution in [0.15, 0.2) is 48.5 Å². The lowest BCUT2D eigenvalue weighted by molar-refractivity contribution is -0.137. The van der Waals surface area contributed by atoms with Crippen LogP contribution in [0.2, 0.25) is 0 Å². The van der Waals surface area contributed by atoms with Gasteiger partial charge in [-0.25, -0.2) is 0 Å². The first-order valence-corrected chi connectivity index (χ1v) is 12.3. The van der Waals surface area contributed by atoms with Gasteiger partial charge in [0.25, 0.3) is 0 Å². The van der Waals surface area contributed by atoms with Crippen molar-refractivity contribution in [2.45, 2.75) is 76.9 Å². The fraction of sp³-hybridized carbons (Fsp3) is 0.536. The number of ether oxygens (including phenoxy) is 1. The molecule has 0 spiro atoms. The van der Waals surface area contributed by atoms with E-state index in [2.05, 4.69) is 72.6 Å². The van der Waals surface area contributed by atoms with Gasteiger partial charge in [-0.1, -0.05) is 75.6 Å². The average molecular weight is 435 g/mol. The summed E-state index contributed by atoms with van der Waals surface area (Å²) in [5.74, 6) is 1.97. The van der Waals surface area contributed by atoms with Gasteiger partial charge in [-0.3, -0.25) is 4.79 Å². The van der Waals surface area contributed by atoms with Crippen LogP contribution in [-0.2, 0) is 11.3 Å². The lowest BCUT2D eigenvalue weighted by atomic mass is 9.87. The zero-order valence-corrected chi connectivity index (χ0v) is 19.8. The lowest BCUT2D eigenvalue weighted by Crippen LogP contribution is -2.41. The summed E-state index contributed by atoms with van der Waals surface area (Å²) in [5, 5.41) is 3.80. The molecule has 2 atom stereocenters. The van der Waals surface area contributed by atoms with Crippen molar-refractivity contribution in [1.82, 2.24) is 10.2 Å². The van der Waals surface area contributed by atoms with Crippen molar-refractivity contribution in [3.05, 3.63) is 65.2 Å². The predicted octanol–water partition coefficient (Wildman–Crippen LogP) is 5.83. The molecule has 1 amide bonds. The summed E-state index contributed by atoms with van der Waals surface area (Å²) in [4.78, 5) is 15.7. The van der Waals surface area contributed by atoms with Gasteiger partial charge in [0, 0.05) is 30.6 Å². The Balaban J connectivity index is 1.54. The van der Waals surface area contributed by atoms with Crippen molar-refractivity contribution in [2.24, 2.45) is 5.92 Å². The number of rotatable bonds is 7. The highest BCUT2D eigenvalue weighted by Crippen LogP contribution is 2.36. The van der Waals surface area contributed by atoms with Gasteiger partial charge in [-0.15, -0.1) is 0 Å². The summed E-state index contributed by atoms with van der Waals surface area (Å²) in [6.45, 7) is 6.01. The van der Waals surface area contributed by atoms with Gasteiger partial charge < -0.3 is 15.0 Å². The molecule has 2 aliphatic rings. The normalized spacial score (nSPS) is 21.8. The number of amides is 1. The van der Waals surface area contributed by atoms with E-state index in [4.69, 9.17) is 4.74 Å². The van der Waals surface area contributed by atoms with E-state index in [0.717, 1.165) is 38.1 Å². The number of nitrogens with zero attached hydrogens (tertiary/aromatic N) is 1. The van der Waals surface area contributed by atoms with Gasteiger partial charge in [0.1, 0.15) is 5.75 Å². The molecule has 4 rings (SSSR count). The molecule has 0 radical (unpaired) electrons. The van der Waals surface area contributed by atoms with Crippen molar-refractivity contribution in [3.63, 3.8) is 0 Å². The number of carbonyl (C=O) groups excluding carboxylic acids is 1. The average Bonchev–Trinajstić information content (AvgIpc) is 3.27. The topological polar surface area (TPSA) is 41.6 Å². The van der Waals surface area contributed by atoms with Crippen LogP contribution in [0.1, 0.15) is 81.0 Å². The number of nitrogens with one attached hydrogen (secondary N) is 1. The van der Waals surface area contributed by atoms with Crippen LogP contribution in [-0.4, -0.2) is 30.5 Å². The molecule has 2 fully saturated rings. The molecule has 0 aromatic heterocycles. The van der Waals surface area contributed by atoms with Crippen molar-refractivity contribution in [3.8, 4) is 5.75 Å². The van der Waals surface area contributed by atoms with Gasteiger partial charge in [-0.2, -0.15) is 0 Å². The Morgan fingerprint density at radius 3 is 2.50 bits per heavy atom. The SMILES string of the molecule is COc1ccc(C(C)C)cc1CNC1CCN(C(=O)C2CCCCC2)C1c1ccccc1. The predicted molar refractivity (Wildman–Crippen MR) is 130 cm³/mol. The number of hydrogen-bond acceptors (Lipinski definition) is 3. The van der Waals surface area contributed by atoms with Crippen LogP contribution in [0.4, 0.5) is 0 Å². The van der Waals surface area contributed by atoms with Crippen molar-refractivity contribution >= 4 is 5.91 Å². The van der Waals surface area contributed by atoms with Crippen LogP contribution < -0.4 is 10.1 Å². The van der Waals surface area contributed by atoms with Crippen molar-refractivity contribution in [1.29, 1.82) is 0 Å². The largest absolute Gasteiger partial charge is 0.496 e. The minimum absolute atomic E-state index is 0.0879. The highest BCUT2D eigenvalue weighted by atomic mass is 16.5. The van der Waals surface area contributed by atoms with Gasteiger partial charge >= 0.3 is 0 Å². The molecule has 1 saturated carbocycles. The van der Waals surface area contributed by atoms with Gasteiger partial charge in [-0.05, 0) is 42.4 Å². The lowest BCUT2D eigenvalue weighted by Gasteiger charge is -2.33. The molecule has 1 saturated heterocycles. The first-order valence-electron chi connectivity index (χ1n) is 12.3. The molecule has 2 aromatic carbocycles. The Bertz CT molecular complexity index is 890. The van der Waals surface area contributed by atoms with Crippen LogP contribution >= 0.6 is 0 Å². The highest BCUT2D eigenvalue weighted by Gasteiger charge is 2.40. The van der Waals surface area contributed by atoms with Crippen LogP contribution in [0.5, 0.6) is 5.75 Å². The summed E-state index contributed by atoms with van der Waals surface area (Å²) in [5.41, 5.74) is 3.74. The molecular formula is C28H38N2O2. The summed E-state index contributed by atoms with van der Waals surface area (Å²) in [6, 6.07) is 17.4. The smallest absolute Gasteiger partial charge is 0.226 e. The molecule has 4 nitrogen and oxygen atoms in total. The standard InChI is InChI=1S/C28H38N2O2/c1-20(2)23-14-15-26(32-3)24(18-23)19-29-25-16-17-30(27(25)21-10-6-4-7-11-21)28(31)22-12-8-5-9-13-22/h4,6-7,10-11,14-15,18,20,22,25,27,29H,5,8-9,12-13,16-17,19H2,1-3H3. The molecule has 1 N–H and O–H groups in total. The monoisotopic (exact) mass is 434 g/mol. The molecule has 0 bridgehead atoms. The van der Waals surface area contributed by atoms with E-state index in [1.54, 1.807) is 7.11 Å². The number of hydrogen-bond donors (Lipinski definition) is 1. The van der Waals surface area contributed by atoms with Crippen molar-refractivity contribution in [2.75, 3.05) is 13.7 Å². The van der Waals surface area contributed by atoms with E-state index >= 15 is 0 Å². The number of carbonyl (C=O) groups is 1. The Morgan fingerprint density at radius 2 is 1.81 bits per heavy atom. The molecule has 2 aromatic rings. The van der Waals surface area contributed by atoms with E-state index in [-0.39, 0.29) is 18.0 Å². The molecular weight excluding hydrogens is 396 g/mol. The Morgan fingerprint density at radius 1 is 1.06 bits per heavy atom. The minimum Gasteiger partial charge on any atom is -0.496 e. The summed E-state index contributed by atoms with van der Waals surface area (Å²) in [7, 11) is 1.74. The third-order valence-electron chi connectivity index (χ3n) is 7.30. The maximum atomic E-state index is 13.5. The van der Waals surface area contributed by atoms with Gasteiger partial charge in [0.15, 0.2) is 0 Å². The summed E-state index contributed by atoms with van der Waals surface area (Å²) < 4.78 is 5.64. The molecule has 172 valence electrons. The third kappa shape index (κ3) is 5.01. The second-order valence-corrected chi connectivity index (χ2v) is 9.72. The molecule has 1 heterocycles. The van der Waals surface area contributed by atoms with E-state index < -0.39 is 0 Å². The zero-order chi connectivity index (χ0) is 22.5. The fourth-order valence-electron chi connectivity index (χ4n) is 5.44. The maximum absolute atomic E-state index is 13.5. The second-order valence-electron chi connectivity index (χ2n) is 9.72. The van der Waals surface area contributed by atoms with Crippen LogP contribution in [0, 0.1) is 5.92 Å². The quantitative estimate of drug-likeness (QED) is 0.596. The first kappa shape index (κ1) is 22.8. The summed E-state index contributed by atoms with van der Waals surface area (Å²) in [6.07, 6.45) is 6.72. The fourth-order valence-corrected chi connectivity index (χ4v) is 5.44. The van der Waals surface area contributed by atoms with E-state index in [1.165, 1.54) is 36.0 Å². The third-order valence-corrected chi connectivity index (χ3v) is 7.30. The molecule has 32 heavy (non-hydrogen) atoms. The Labute approximate surface area is 193 Å². The van der Waals surface area contributed by atoms with Crippen molar-refractivity contribution < 1.29 is 9.53 Å². The molecule has 1 aliphatic carbocycles. The second kappa shape index (κ2) is 10.5. The highest BCUT2D eigenvalue weighted by molar-refractivity contribution is 5.80. The van der Waals surface area contributed by atoms with Gasteiger partial charge in [0.2, 0.25) is 5.91 Å².